The molecule has 0 aromatic rings. The van der Waals surface area contributed by atoms with Gasteiger partial charge >= 0.3 is 0 Å². The molecule has 1 amide bonds. The van der Waals surface area contributed by atoms with Crippen LogP contribution in [0.3, 0.4) is 0 Å². The Morgan fingerprint density at radius 1 is 1.50 bits per heavy atom. The van der Waals surface area contributed by atoms with Gasteiger partial charge in [0.2, 0.25) is 5.91 Å². The van der Waals surface area contributed by atoms with Gasteiger partial charge in [-0.3, -0.25) is 4.79 Å². The maximum atomic E-state index is 11.1. The number of β-lactam (4-membered cyclic amide) rings is 1. The third-order valence-corrected chi connectivity index (χ3v) is 2.56. The summed E-state index contributed by atoms with van der Waals surface area (Å²) in [6.45, 7) is 0. The average molecular weight is 137 g/mol. The van der Waals surface area contributed by atoms with E-state index in [1.165, 1.54) is 0 Å². The number of fused-ring (bicyclic) bond motifs is 1. The van der Waals surface area contributed by atoms with Crippen LogP contribution < -0.4 is 0 Å². The Morgan fingerprint density at radius 3 is 2.90 bits per heavy atom. The lowest BCUT2D eigenvalue weighted by atomic mass is 9.80. The van der Waals surface area contributed by atoms with Crippen LogP contribution in [0, 0.1) is 5.92 Å². The molecular formula is C8H11NO. The van der Waals surface area contributed by atoms with Crippen LogP contribution >= 0.6 is 0 Å². The minimum absolute atomic E-state index is 0.328. The lowest BCUT2D eigenvalue weighted by Crippen LogP contribution is -2.59. The number of hydrogen-bond donors (Lipinski definition) is 0. The smallest absolute Gasteiger partial charge is 0.228 e. The molecular weight excluding hydrogens is 126 g/mol. The Kier molecular flexibility index (Phi) is 1.10. The highest BCUT2D eigenvalue weighted by Crippen LogP contribution is 2.33. The van der Waals surface area contributed by atoms with E-state index in [-0.39, 0.29) is 0 Å². The molecule has 0 bridgehead atoms. The topological polar surface area (TPSA) is 20.3 Å². The highest BCUT2D eigenvalue weighted by Gasteiger charge is 2.44. The fourth-order valence-corrected chi connectivity index (χ4v) is 1.84. The number of amides is 1. The van der Waals surface area contributed by atoms with E-state index in [0.29, 0.717) is 17.9 Å². The van der Waals surface area contributed by atoms with Crippen molar-refractivity contribution >= 4 is 5.91 Å². The lowest BCUT2D eigenvalue weighted by molar-refractivity contribution is -0.153. The lowest BCUT2D eigenvalue weighted by Gasteiger charge is -2.46. The molecule has 0 saturated carbocycles. The Morgan fingerprint density at radius 2 is 2.20 bits per heavy atom. The Bertz CT molecular complexity index is 197. The second-order valence-corrected chi connectivity index (χ2v) is 3.07. The molecule has 2 atom stereocenters. The van der Waals surface area contributed by atoms with E-state index in [1.807, 2.05) is 11.9 Å². The largest absolute Gasteiger partial charge is 0.341 e. The van der Waals surface area contributed by atoms with E-state index >= 15 is 0 Å². The first kappa shape index (κ1) is 5.96. The highest BCUT2D eigenvalue weighted by molar-refractivity contribution is 5.86. The molecule has 0 aromatic carbocycles. The number of allylic oxidation sites excluding steroid dienone is 1. The van der Waals surface area contributed by atoms with Crippen LogP contribution in [0.1, 0.15) is 12.8 Å². The Hall–Kier alpha value is -0.790. The summed E-state index contributed by atoms with van der Waals surface area (Å²) in [5, 5.41) is 0. The van der Waals surface area contributed by atoms with Gasteiger partial charge in [0.1, 0.15) is 0 Å². The van der Waals surface area contributed by atoms with Crippen LogP contribution in [0.2, 0.25) is 0 Å². The van der Waals surface area contributed by atoms with Crippen molar-refractivity contribution in [3.05, 3.63) is 12.2 Å². The molecule has 2 rings (SSSR count). The fourth-order valence-electron chi connectivity index (χ4n) is 1.84. The summed E-state index contributed by atoms with van der Waals surface area (Å²) in [4.78, 5) is 12.9. The van der Waals surface area contributed by atoms with Gasteiger partial charge in [0.15, 0.2) is 0 Å². The van der Waals surface area contributed by atoms with E-state index in [4.69, 9.17) is 0 Å². The molecule has 10 heavy (non-hydrogen) atoms. The maximum absolute atomic E-state index is 11.1. The van der Waals surface area contributed by atoms with Crippen molar-refractivity contribution in [3.63, 3.8) is 0 Å². The van der Waals surface area contributed by atoms with Gasteiger partial charge in [-0.25, -0.2) is 0 Å². The monoisotopic (exact) mass is 137 g/mol. The molecule has 0 radical (unpaired) electrons. The summed E-state index contributed by atoms with van der Waals surface area (Å²) in [5.74, 6) is 0.657. The number of carbonyl (C=O) groups is 1. The minimum atomic E-state index is 0.328. The second-order valence-electron chi connectivity index (χ2n) is 3.07. The van der Waals surface area contributed by atoms with Gasteiger partial charge in [0.05, 0.1) is 5.92 Å². The first-order valence-electron chi connectivity index (χ1n) is 3.72. The predicted molar refractivity (Wildman–Crippen MR) is 38.4 cm³/mol. The van der Waals surface area contributed by atoms with Crippen molar-refractivity contribution in [3.8, 4) is 0 Å². The van der Waals surface area contributed by atoms with Crippen molar-refractivity contribution in [1.29, 1.82) is 0 Å². The van der Waals surface area contributed by atoms with E-state index in [9.17, 15) is 4.79 Å². The zero-order valence-corrected chi connectivity index (χ0v) is 6.08. The van der Waals surface area contributed by atoms with Crippen LogP contribution in [0.4, 0.5) is 0 Å². The maximum Gasteiger partial charge on any atom is 0.228 e. The molecule has 0 unspecified atom stereocenters. The van der Waals surface area contributed by atoms with E-state index in [2.05, 4.69) is 12.2 Å². The number of likely N-dealkylation sites (tertiary alicyclic amines) is 1. The van der Waals surface area contributed by atoms with Gasteiger partial charge in [-0.15, -0.1) is 0 Å². The molecule has 0 spiro atoms. The van der Waals surface area contributed by atoms with Crippen molar-refractivity contribution in [1.82, 2.24) is 4.90 Å². The summed E-state index contributed by atoms with van der Waals surface area (Å²) in [7, 11) is 1.89. The molecule has 1 heterocycles. The first-order valence-corrected chi connectivity index (χ1v) is 3.72. The molecule has 0 N–H and O–H groups in total. The molecule has 1 saturated heterocycles. The van der Waals surface area contributed by atoms with Crippen molar-refractivity contribution in [2.75, 3.05) is 7.05 Å². The summed E-state index contributed by atoms with van der Waals surface area (Å²) in [6.07, 6.45) is 6.32. The summed E-state index contributed by atoms with van der Waals surface area (Å²) in [6, 6.07) is 0.525. The molecule has 1 fully saturated rings. The quantitative estimate of drug-likeness (QED) is 0.357. The van der Waals surface area contributed by atoms with Gasteiger partial charge in [-0.2, -0.15) is 0 Å². The zero-order valence-electron chi connectivity index (χ0n) is 6.08. The number of rotatable bonds is 0. The number of carbonyl (C=O) groups excluding carboxylic acids is 1. The molecule has 2 aliphatic rings. The second kappa shape index (κ2) is 1.84. The third kappa shape index (κ3) is 0.564. The van der Waals surface area contributed by atoms with Crippen LogP contribution in [-0.4, -0.2) is 23.9 Å². The Labute approximate surface area is 60.5 Å². The molecule has 1 aliphatic carbocycles. The van der Waals surface area contributed by atoms with Crippen molar-refractivity contribution in [2.45, 2.75) is 18.9 Å². The molecule has 0 aromatic heterocycles. The highest BCUT2D eigenvalue weighted by atomic mass is 16.2. The van der Waals surface area contributed by atoms with Crippen molar-refractivity contribution in [2.24, 2.45) is 5.92 Å². The summed E-state index contributed by atoms with van der Waals surface area (Å²) in [5.41, 5.74) is 0. The predicted octanol–water partition coefficient (Wildman–Crippen LogP) is 0.793. The van der Waals surface area contributed by atoms with E-state index in [0.717, 1.165) is 12.8 Å². The van der Waals surface area contributed by atoms with Gasteiger partial charge in [0.25, 0.3) is 0 Å². The minimum Gasteiger partial charge on any atom is -0.341 e. The third-order valence-electron chi connectivity index (χ3n) is 2.56. The average Bonchev–Trinajstić information content (AvgIpc) is 2.03. The molecule has 1 aliphatic heterocycles. The first-order chi connectivity index (χ1) is 4.80. The normalized spacial score (nSPS) is 37.3. The number of nitrogens with zero attached hydrogens (tertiary/aromatic N) is 1. The number of hydrogen-bond acceptors (Lipinski definition) is 1. The van der Waals surface area contributed by atoms with Gasteiger partial charge in [0, 0.05) is 13.1 Å². The van der Waals surface area contributed by atoms with Gasteiger partial charge in [-0.05, 0) is 12.8 Å². The summed E-state index contributed by atoms with van der Waals surface area (Å²) >= 11 is 0. The summed E-state index contributed by atoms with van der Waals surface area (Å²) < 4.78 is 0. The SMILES string of the molecule is CN1C(=O)[C@@H]2CC=CC[C@@H]21. The van der Waals surface area contributed by atoms with Crippen LogP contribution in [0.15, 0.2) is 12.2 Å². The van der Waals surface area contributed by atoms with E-state index < -0.39 is 0 Å². The van der Waals surface area contributed by atoms with Gasteiger partial charge in [-0.1, -0.05) is 12.2 Å². The van der Waals surface area contributed by atoms with E-state index in [1.54, 1.807) is 0 Å². The standard InChI is InChI=1S/C8H11NO/c1-9-7-5-3-2-4-6(7)8(9)10/h2-3,6-7H,4-5H2,1H3/t6-,7+/m1/s1. The fraction of sp³-hybridized carbons (Fsp3) is 0.625. The van der Waals surface area contributed by atoms with Crippen molar-refractivity contribution < 1.29 is 4.79 Å². The van der Waals surface area contributed by atoms with Gasteiger partial charge < -0.3 is 4.90 Å². The Balaban J connectivity index is 2.15. The zero-order chi connectivity index (χ0) is 7.14. The van der Waals surface area contributed by atoms with Crippen LogP contribution in [0.5, 0.6) is 0 Å². The molecule has 2 heteroatoms. The molecule has 2 nitrogen and oxygen atoms in total. The van der Waals surface area contributed by atoms with Crippen LogP contribution in [0.25, 0.3) is 0 Å². The molecule has 54 valence electrons. The van der Waals surface area contributed by atoms with Crippen LogP contribution in [-0.2, 0) is 4.79 Å².